The van der Waals surface area contributed by atoms with Crippen molar-refractivity contribution in [2.75, 3.05) is 5.32 Å². The van der Waals surface area contributed by atoms with E-state index in [1.807, 2.05) is 0 Å². The second-order valence-corrected chi connectivity index (χ2v) is 5.88. The monoisotopic (exact) mass is 375 g/mol. The van der Waals surface area contributed by atoms with Gasteiger partial charge in [-0.1, -0.05) is 11.6 Å². The molecule has 0 fully saturated rings. The number of carbonyl (C=O) groups is 1. The number of halogens is 3. The van der Waals surface area contributed by atoms with Gasteiger partial charge in [0.1, 0.15) is 5.82 Å². The number of rotatable bonds is 4. The van der Waals surface area contributed by atoms with Crippen molar-refractivity contribution in [3.05, 3.63) is 81.2 Å². The maximum atomic E-state index is 13.2. The number of H-pyrrole nitrogens is 1. The largest absolute Gasteiger partial charge is 0.326 e. The normalized spacial score (nSPS) is 10.6. The molecule has 0 aliphatic rings. The Labute approximate surface area is 151 Å². The van der Waals surface area contributed by atoms with Crippen LogP contribution >= 0.6 is 11.6 Å². The summed E-state index contributed by atoms with van der Waals surface area (Å²) in [5.41, 5.74) is 0.438. The number of nitrogens with zero attached hydrogens (tertiary/aromatic N) is 1. The van der Waals surface area contributed by atoms with Gasteiger partial charge in [-0.3, -0.25) is 9.59 Å². The predicted octanol–water partition coefficient (Wildman–Crippen LogP) is 3.55. The molecule has 0 bridgehead atoms. The molecule has 0 atom stereocenters. The summed E-state index contributed by atoms with van der Waals surface area (Å²) in [4.78, 5) is 30.9. The lowest BCUT2D eigenvalue weighted by molar-refractivity contribution is -0.115. The van der Waals surface area contributed by atoms with E-state index in [0.717, 1.165) is 12.1 Å². The molecule has 0 radical (unpaired) electrons. The van der Waals surface area contributed by atoms with Crippen molar-refractivity contribution in [1.29, 1.82) is 0 Å². The van der Waals surface area contributed by atoms with Crippen LogP contribution in [-0.2, 0) is 11.2 Å². The number of carbonyl (C=O) groups excluding carboxylic acids is 1. The second kappa shape index (κ2) is 7.45. The van der Waals surface area contributed by atoms with Crippen LogP contribution in [0.5, 0.6) is 0 Å². The SMILES string of the molecule is O=C(Cc1cnc(-c2ccc(Cl)cc2)[nH]c1=O)Nc1ccc(F)c(F)c1. The first-order chi connectivity index (χ1) is 12.4. The Morgan fingerprint density at radius 2 is 1.85 bits per heavy atom. The van der Waals surface area contributed by atoms with Crippen LogP contribution < -0.4 is 10.9 Å². The van der Waals surface area contributed by atoms with Gasteiger partial charge >= 0.3 is 0 Å². The molecule has 8 heteroatoms. The maximum absolute atomic E-state index is 13.2. The summed E-state index contributed by atoms with van der Waals surface area (Å²) in [6, 6.07) is 9.73. The molecule has 0 spiro atoms. The van der Waals surface area contributed by atoms with Crippen LogP contribution in [0.2, 0.25) is 5.02 Å². The Morgan fingerprint density at radius 1 is 1.12 bits per heavy atom. The quantitative estimate of drug-likeness (QED) is 0.732. The number of aromatic amines is 1. The summed E-state index contributed by atoms with van der Waals surface area (Å²) in [7, 11) is 0. The standard InChI is InChI=1S/C18H12ClF2N3O2/c19-12-3-1-10(2-4-12)17-22-9-11(18(26)24-17)7-16(25)23-13-5-6-14(20)15(21)8-13/h1-6,8-9H,7H2,(H,23,25)(H,22,24,26). The molecule has 3 aromatic rings. The van der Waals surface area contributed by atoms with Crippen LogP contribution in [0.3, 0.4) is 0 Å². The zero-order valence-corrected chi connectivity index (χ0v) is 14.0. The Bertz CT molecular complexity index is 1020. The zero-order valence-electron chi connectivity index (χ0n) is 13.2. The molecule has 0 saturated heterocycles. The topological polar surface area (TPSA) is 74.8 Å². The van der Waals surface area contributed by atoms with Crippen LogP contribution in [0.15, 0.2) is 53.5 Å². The average molecular weight is 376 g/mol. The highest BCUT2D eigenvalue weighted by Gasteiger charge is 2.11. The maximum Gasteiger partial charge on any atom is 0.254 e. The molecule has 1 aromatic heterocycles. The number of hydrogen-bond donors (Lipinski definition) is 2. The molecule has 3 rings (SSSR count). The van der Waals surface area contributed by atoms with E-state index in [9.17, 15) is 18.4 Å². The van der Waals surface area contributed by atoms with Gasteiger partial charge in [-0.25, -0.2) is 13.8 Å². The van der Waals surface area contributed by atoms with E-state index < -0.39 is 23.1 Å². The van der Waals surface area contributed by atoms with E-state index in [4.69, 9.17) is 11.6 Å². The van der Waals surface area contributed by atoms with Gasteiger partial charge in [0.05, 0.1) is 6.42 Å². The lowest BCUT2D eigenvalue weighted by Gasteiger charge is -2.06. The van der Waals surface area contributed by atoms with Gasteiger partial charge in [-0.2, -0.15) is 0 Å². The van der Waals surface area contributed by atoms with E-state index in [1.54, 1.807) is 24.3 Å². The van der Waals surface area contributed by atoms with Crippen molar-refractivity contribution in [2.45, 2.75) is 6.42 Å². The highest BCUT2D eigenvalue weighted by molar-refractivity contribution is 6.30. The lowest BCUT2D eigenvalue weighted by Crippen LogP contribution is -2.22. The number of benzene rings is 2. The molecule has 0 saturated carbocycles. The second-order valence-electron chi connectivity index (χ2n) is 5.45. The highest BCUT2D eigenvalue weighted by atomic mass is 35.5. The Kier molecular flexibility index (Phi) is 5.09. The van der Waals surface area contributed by atoms with Gasteiger partial charge in [0.25, 0.3) is 5.56 Å². The van der Waals surface area contributed by atoms with Gasteiger partial charge in [-0.15, -0.1) is 0 Å². The van der Waals surface area contributed by atoms with E-state index in [0.29, 0.717) is 16.4 Å². The van der Waals surface area contributed by atoms with E-state index in [2.05, 4.69) is 15.3 Å². The third-order valence-corrected chi connectivity index (χ3v) is 3.80. The fourth-order valence-electron chi connectivity index (χ4n) is 2.25. The van der Waals surface area contributed by atoms with Crippen LogP contribution in [0, 0.1) is 11.6 Å². The molecule has 0 aliphatic carbocycles. The van der Waals surface area contributed by atoms with Crippen LogP contribution in [-0.4, -0.2) is 15.9 Å². The van der Waals surface area contributed by atoms with Gasteiger partial charge < -0.3 is 10.3 Å². The molecular formula is C18H12ClF2N3O2. The summed E-state index contributed by atoms with van der Waals surface area (Å²) in [6.07, 6.45) is 1.04. The molecular weight excluding hydrogens is 364 g/mol. The summed E-state index contributed by atoms with van der Waals surface area (Å²) < 4.78 is 26.0. The summed E-state index contributed by atoms with van der Waals surface area (Å²) in [5.74, 6) is -2.30. The molecule has 2 N–H and O–H groups in total. The first kappa shape index (κ1) is 17.8. The fourth-order valence-corrected chi connectivity index (χ4v) is 2.38. The Balaban J connectivity index is 1.73. The van der Waals surface area contributed by atoms with Crippen molar-refractivity contribution < 1.29 is 13.6 Å². The van der Waals surface area contributed by atoms with Crippen molar-refractivity contribution in [3.63, 3.8) is 0 Å². The van der Waals surface area contributed by atoms with Crippen molar-refractivity contribution >= 4 is 23.2 Å². The van der Waals surface area contributed by atoms with Gasteiger partial charge in [0.2, 0.25) is 5.91 Å². The molecule has 0 unspecified atom stereocenters. The molecule has 132 valence electrons. The smallest absolute Gasteiger partial charge is 0.254 e. The number of aromatic nitrogens is 2. The molecule has 26 heavy (non-hydrogen) atoms. The first-order valence-corrected chi connectivity index (χ1v) is 7.89. The lowest BCUT2D eigenvalue weighted by atomic mass is 10.2. The molecule has 5 nitrogen and oxygen atoms in total. The predicted molar refractivity (Wildman–Crippen MR) is 94.0 cm³/mol. The van der Waals surface area contributed by atoms with Crippen molar-refractivity contribution in [3.8, 4) is 11.4 Å². The number of anilines is 1. The van der Waals surface area contributed by atoms with E-state index in [-0.39, 0.29) is 17.7 Å². The zero-order chi connectivity index (χ0) is 18.7. The first-order valence-electron chi connectivity index (χ1n) is 7.51. The number of nitrogens with one attached hydrogen (secondary N) is 2. The molecule has 0 aliphatic heterocycles. The summed E-state index contributed by atoms with van der Waals surface area (Å²) in [5, 5.41) is 2.95. The van der Waals surface area contributed by atoms with E-state index in [1.165, 1.54) is 12.3 Å². The van der Waals surface area contributed by atoms with Crippen LogP contribution in [0.4, 0.5) is 14.5 Å². The Morgan fingerprint density at radius 3 is 2.50 bits per heavy atom. The van der Waals surface area contributed by atoms with E-state index >= 15 is 0 Å². The van der Waals surface area contributed by atoms with Crippen molar-refractivity contribution in [2.24, 2.45) is 0 Å². The van der Waals surface area contributed by atoms with Gasteiger partial charge in [-0.05, 0) is 36.4 Å². The Hall–Kier alpha value is -3.06. The number of amides is 1. The molecule has 1 heterocycles. The van der Waals surface area contributed by atoms with Gasteiger partial charge in [0.15, 0.2) is 11.6 Å². The highest BCUT2D eigenvalue weighted by Crippen LogP contribution is 2.17. The van der Waals surface area contributed by atoms with Crippen molar-refractivity contribution in [1.82, 2.24) is 9.97 Å². The summed E-state index contributed by atoms with van der Waals surface area (Å²) >= 11 is 5.82. The molecule has 2 aromatic carbocycles. The van der Waals surface area contributed by atoms with Crippen LogP contribution in [0.1, 0.15) is 5.56 Å². The minimum atomic E-state index is -1.07. The summed E-state index contributed by atoms with van der Waals surface area (Å²) in [6.45, 7) is 0. The van der Waals surface area contributed by atoms with Crippen LogP contribution in [0.25, 0.3) is 11.4 Å². The third kappa shape index (κ3) is 4.12. The molecule has 1 amide bonds. The van der Waals surface area contributed by atoms with Gasteiger partial charge in [0, 0.05) is 34.1 Å². The third-order valence-electron chi connectivity index (χ3n) is 3.55. The average Bonchev–Trinajstić information content (AvgIpc) is 2.60. The fraction of sp³-hybridized carbons (Fsp3) is 0.0556. The minimum Gasteiger partial charge on any atom is -0.326 e. The number of hydrogen-bond acceptors (Lipinski definition) is 3. The minimum absolute atomic E-state index is 0.0936.